The second kappa shape index (κ2) is 7.75. The normalized spacial score (nSPS) is 18.8. The van der Waals surface area contributed by atoms with Gasteiger partial charge in [-0.15, -0.1) is 21.5 Å². The molecule has 0 aliphatic carbocycles. The van der Waals surface area contributed by atoms with Gasteiger partial charge in [-0.1, -0.05) is 0 Å². The third-order valence-electron chi connectivity index (χ3n) is 4.07. The first-order valence-electron chi connectivity index (χ1n) is 8.01. The van der Waals surface area contributed by atoms with E-state index in [0.717, 1.165) is 47.8 Å². The van der Waals surface area contributed by atoms with Crippen LogP contribution in [0.5, 0.6) is 11.5 Å². The molecule has 2 aromatic rings. The molecule has 0 saturated carbocycles. The quantitative estimate of drug-likeness (QED) is 0.813. The van der Waals surface area contributed by atoms with Crippen molar-refractivity contribution in [2.24, 2.45) is 5.92 Å². The Bertz CT molecular complexity index is 615. The molecular weight excluding hydrogens is 310 g/mol. The molecule has 0 N–H and O–H groups in total. The van der Waals surface area contributed by atoms with Crippen LogP contribution in [0.3, 0.4) is 0 Å². The minimum Gasteiger partial charge on any atom is -0.497 e. The van der Waals surface area contributed by atoms with E-state index in [1.807, 2.05) is 31.2 Å². The van der Waals surface area contributed by atoms with Crippen LogP contribution in [0.25, 0.3) is 0 Å². The largest absolute Gasteiger partial charge is 0.497 e. The Balaban J connectivity index is 1.48. The summed E-state index contributed by atoms with van der Waals surface area (Å²) < 4.78 is 11.1. The average Bonchev–Trinajstić information content (AvgIpc) is 2.99. The SMILES string of the molecule is COc1ccc(OC[C@H]2CCCN(Cc3nnc(C)s3)C2)cc1. The zero-order chi connectivity index (χ0) is 16.1. The summed E-state index contributed by atoms with van der Waals surface area (Å²) in [6.45, 7) is 5.87. The number of benzene rings is 1. The van der Waals surface area contributed by atoms with Crippen molar-refractivity contribution in [1.29, 1.82) is 0 Å². The fourth-order valence-corrected chi connectivity index (χ4v) is 3.66. The highest BCUT2D eigenvalue weighted by Gasteiger charge is 2.21. The molecular formula is C17H23N3O2S. The fraction of sp³-hybridized carbons (Fsp3) is 0.529. The number of hydrogen-bond donors (Lipinski definition) is 0. The van der Waals surface area contributed by atoms with Gasteiger partial charge >= 0.3 is 0 Å². The lowest BCUT2D eigenvalue weighted by molar-refractivity contribution is 0.125. The topological polar surface area (TPSA) is 47.5 Å². The van der Waals surface area contributed by atoms with Crippen molar-refractivity contribution in [1.82, 2.24) is 15.1 Å². The molecule has 1 aliphatic rings. The molecule has 1 fully saturated rings. The molecule has 1 aromatic carbocycles. The van der Waals surface area contributed by atoms with E-state index < -0.39 is 0 Å². The third kappa shape index (κ3) is 4.65. The molecule has 1 saturated heterocycles. The molecule has 1 aromatic heterocycles. The smallest absolute Gasteiger partial charge is 0.131 e. The van der Waals surface area contributed by atoms with Crippen molar-refractivity contribution in [3.05, 3.63) is 34.3 Å². The Labute approximate surface area is 141 Å². The number of rotatable bonds is 6. The molecule has 0 radical (unpaired) electrons. The van der Waals surface area contributed by atoms with E-state index in [0.29, 0.717) is 5.92 Å². The van der Waals surface area contributed by atoms with Gasteiger partial charge in [0.15, 0.2) is 0 Å². The summed E-state index contributed by atoms with van der Waals surface area (Å²) in [6, 6.07) is 7.79. The summed E-state index contributed by atoms with van der Waals surface area (Å²) in [6.07, 6.45) is 2.44. The van der Waals surface area contributed by atoms with Gasteiger partial charge in [-0.3, -0.25) is 4.90 Å². The summed E-state index contributed by atoms with van der Waals surface area (Å²) >= 11 is 1.69. The maximum atomic E-state index is 5.94. The van der Waals surface area contributed by atoms with Crippen LogP contribution in [0.2, 0.25) is 0 Å². The van der Waals surface area contributed by atoms with E-state index in [-0.39, 0.29) is 0 Å². The van der Waals surface area contributed by atoms with Gasteiger partial charge < -0.3 is 9.47 Å². The minimum atomic E-state index is 0.569. The maximum absolute atomic E-state index is 5.94. The zero-order valence-corrected chi connectivity index (χ0v) is 14.5. The molecule has 0 unspecified atom stereocenters. The van der Waals surface area contributed by atoms with Crippen LogP contribution in [-0.2, 0) is 6.54 Å². The number of nitrogens with zero attached hydrogens (tertiary/aromatic N) is 3. The van der Waals surface area contributed by atoms with Gasteiger partial charge in [0.1, 0.15) is 21.5 Å². The van der Waals surface area contributed by atoms with E-state index in [2.05, 4.69) is 15.1 Å². The number of ether oxygens (including phenoxy) is 2. The van der Waals surface area contributed by atoms with Crippen molar-refractivity contribution < 1.29 is 9.47 Å². The molecule has 0 amide bonds. The number of aryl methyl sites for hydroxylation is 1. The van der Waals surface area contributed by atoms with Gasteiger partial charge in [0.05, 0.1) is 20.3 Å². The monoisotopic (exact) mass is 333 g/mol. The van der Waals surface area contributed by atoms with E-state index in [9.17, 15) is 0 Å². The first-order valence-corrected chi connectivity index (χ1v) is 8.83. The molecule has 2 heterocycles. The number of hydrogen-bond acceptors (Lipinski definition) is 6. The number of piperidine rings is 1. The molecule has 23 heavy (non-hydrogen) atoms. The molecule has 6 heteroatoms. The molecule has 1 atom stereocenters. The van der Waals surface area contributed by atoms with Crippen LogP contribution in [-0.4, -0.2) is 41.9 Å². The van der Waals surface area contributed by atoms with Crippen molar-refractivity contribution in [2.75, 3.05) is 26.8 Å². The van der Waals surface area contributed by atoms with Crippen LogP contribution >= 0.6 is 11.3 Å². The van der Waals surface area contributed by atoms with Crippen LogP contribution in [0.4, 0.5) is 0 Å². The lowest BCUT2D eigenvalue weighted by atomic mass is 9.99. The predicted molar refractivity (Wildman–Crippen MR) is 91.1 cm³/mol. The fourth-order valence-electron chi connectivity index (χ4n) is 2.91. The predicted octanol–water partition coefficient (Wildman–Crippen LogP) is 3.15. The van der Waals surface area contributed by atoms with Gasteiger partial charge in [-0.05, 0) is 50.6 Å². The van der Waals surface area contributed by atoms with E-state index in [4.69, 9.17) is 9.47 Å². The third-order valence-corrected chi connectivity index (χ3v) is 4.90. The van der Waals surface area contributed by atoms with Crippen LogP contribution in [0, 0.1) is 12.8 Å². The van der Waals surface area contributed by atoms with Crippen molar-refractivity contribution in [2.45, 2.75) is 26.3 Å². The number of methoxy groups -OCH3 is 1. The van der Waals surface area contributed by atoms with Gasteiger partial charge in [0, 0.05) is 12.5 Å². The van der Waals surface area contributed by atoms with Gasteiger partial charge in [-0.25, -0.2) is 0 Å². The highest BCUT2D eigenvalue weighted by Crippen LogP contribution is 2.22. The lowest BCUT2D eigenvalue weighted by Crippen LogP contribution is -2.37. The van der Waals surface area contributed by atoms with Crippen molar-refractivity contribution in [3.8, 4) is 11.5 Å². The van der Waals surface area contributed by atoms with Crippen LogP contribution < -0.4 is 9.47 Å². The van der Waals surface area contributed by atoms with E-state index >= 15 is 0 Å². The molecule has 1 aliphatic heterocycles. The Morgan fingerprint density at radius 1 is 1.22 bits per heavy atom. The first kappa shape index (κ1) is 16.2. The number of likely N-dealkylation sites (tertiary alicyclic amines) is 1. The van der Waals surface area contributed by atoms with E-state index in [1.165, 1.54) is 12.8 Å². The number of aromatic nitrogens is 2. The molecule has 0 spiro atoms. The summed E-state index contributed by atoms with van der Waals surface area (Å²) in [5.41, 5.74) is 0. The molecule has 3 rings (SSSR count). The van der Waals surface area contributed by atoms with Crippen molar-refractivity contribution >= 4 is 11.3 Å². The van der Waals surface area contributed by atoms with Crippen LogP contribution in [0.15, 0.2) is 24.3 Å². The standard InChI is InChI=1S/C17H23N3O2S/c1-13-18-19-17(23-13)11-20-9-3-4-14(10-20)12-22-16-7-5-15(21-2)6-8-16/h5-8,14H,3-4,9-12H2,1-2H3/t14-/m0/s1. The van der Waals surface area contributed by atoms with Crippen LogP contribution in [0.1, 0.15) is 22.9 Å². The summed E-state index contributed by atoms with van der Waals surface area (Å²) in [5, 5.41) is 10.5. The Hall–Kier alpha value is -1.66. The van der Waals surface area contributed by atoms with Gasteiger partial charge in [0.25, 0.3) is 0 Å². The zero-order valence-electron chi connectivity index (χ0n) is 13.7. The summed E-state index contributed by atoms with van der Waals surface area (Å²) in [5.74, 6) is 2.33. The van der Waals surface area contributed by atoms with Crippen molar-refractivity contribution in [3.63, 3.8) is 0 Å². The lowest BCUT2D eigenvalue weighted by Gasteiger charge is -2.31. The Kier molecular flexibility index (Phi) is 5.46. The van der Waals surface area contributed by atoms with E-state index in [1.54, 1.807) is 18.4 Å². The van der Waals surface area contributed by atoms with Gasteiger partial charge in [0.2, 0.25) is 0 Å². The van der Waals surface area contributed by atoms with Gasteiger partial charge in [-0.2, -0.15) is 0 Å². The Morgan fingerprint density at radius 2 is 2.00 bits per heavy atom. The second-order valence-corrected chi connectivity index (χ2v) is 7.21. The first-order chi connectivity index (χ1) is 11.2. The highest BCUT2D eigenvalue weighted by atomic mass is 32.1. The summed E-state index contributed by atoms with van der Waals surface area (Å²) in [7, 11) is 1.67. The molecule has 0 bridgehead atoms. The highest BCUT2D eigenvalue weighted by molar-refractivity contribution is 7.11. The molecule has 124 valence electrons. The minimum absolute atomic E-state index is 0.569. The molecule has 5 nitrogen and oxygen atoms in total. The average molecular weight is 333 g/mol. The second-order valence-electron chi connectivity index (χ2n) is 5.94. The summed E-state index contributed by atoms with van der Waals surface area (Å²) in [4.78, 5) is 2.46. The maximum Gasteiger partial charge on any atom is 0.131 e. The Morgan fingerprint density at radius 3 is 2.70 bits per heavy atom.